The molecule has 0 heterocycles. The maximum atomic E-state index is 9.04. The van der Waals surface area contributed by atoms with Gasteiger partial charge in [-0.3, -0.25) is 0 Å². The zero-order chi connectivity index (χ0) is 10.6. The Bertz CT molecular complexity index is 353. The summed E-state index contributed by atoms with van der Waals surface area (Å²) in [5.74, 6) is 0. The van der Waals surface area contributed by atoms with E-state index in [1.54, 1.807) is 11.8 Å². The molecule has 0 bridgehead atoms. The number of anilines is 1. The van der Waals surface area contributed by atoms with Crippen molar-refractivity contribution < 1.29 is 0 Å². The molecule has 0 aliphatic rings. The van der Waals surface area contributed by atoms with Crippen LogP contribution in [0, 0.1) is 11.3 Å². The van der Waals surface area contributed by atoms with Gasteiger partial charge in [-0.1, -0.05) is 6.07 Å². The number of benzene rings is 1. The van der Waals surface area contributed by atoms with Crippen LogP contribution in [0.25, 0.3) is 0 Å². The number of thioether (sulfide) groups is 1. The highest BCUT2D eigenvalue weighted by Crippen LogP contribution is 2.26. The highest BCUT2D eigenvalue weighted by Gasteiger charge is 2.07. The molecule has 0 fully saturated rings. The highest BCUT2D eigenvalue weighted by molar-refractivity contribution is 7.98. The third-order valence-corrected chi connectivity index (χ3v) is 2.58. The fourth-order valence-corrected chi connectivity index (χ4v) is 1.82. The van der Waals surface area contributed by atoms with Gasteiger partial charge in [-0.25, -0.2) is 0 Å². The molecule has 0 aliphatic heterocycles. The van der Waals surface area contributed by atoms with Gasteiger partial charge in [0.05, 0.1) is 11.3 Å². The van der Waals surface area contributed by atoms with Crippen molar-refractivity contribution in [1.29, 1.82) is 5.26 Å². The van der Waals surface area contributed by atoms with Crippen molar-refractivity contribution in [1.82, 2.24) is 0 Å². The summed E-state index contributed by atoms with van der Waals surface area (Å²) in [5.41, 5.74) is 1.67. The Labute approximate surface area is 89.3 Å². The standard InChI is InChI=1S/C11H14N2S/c1-8(2)13-10-5-4-6-11(14-3)9(10)7-12/h4-6,8,13H,1-3H3. The van der Waals surface area contributed by atoms with Crippen molar-refractivity contribution in [3.8, 4) is 6.07 Å². The molecule has 0 saturated heterocycles. The van der Waals surface area contributed by atoms with E-state index in [4.69, 9.17) is 5.26 Å². The maximum absolute atomic E-state index is 9.04. The van der Waals surface area contributed by atoms with E-state index in [-0.39, 0.29) is 0 Å². The van der Waals surface area contributed by atoms with E-state index in [1.807, 2.05) is 24.5 Å². The second-order valence-corrected chi connectivity index (χ2v) is 4.14. The van der Waals surface area contributed by atoms with Crippen LogP contribution in [0.15, 0.2) is 23.1 Å². The van der Waals surface area contributed by atoms with Crippen molar-refractivity contribution in [2.45, 2.75) is 24.8 Å². The lowest BCUT2D eigenvalue weighted by molar-refractivity contribution is 0.897. The topological polar surface area (TPSA) is 35.8 Å². The molecule has 0 spiro atoms. The van der Waals surface area contributed by atoms with Gasteiger partial charge in [0, 0.05) is 10.9 Å². The van der Waals surface area contributed by atoms with E-state index in [2.05, 4.69) is 25.2 Å². The summed E-state index contributed by atoms with van der Waals surface area (Å²) in [7, 11) is 0. The molecule has 0 unspecified atom stereocenters. The monoisotopic (exact) mass is 206 g/mol. The first kappa shape index (κ1) is 10.9. The summed E-state index contributed by atoms with van der Waals surface area (Å²) in [6.45, 7) is 4.12. The number of hydrogen-bond acceptors (Lipinski definition) is 3. The van der Waals surface area contributed by atoms with E-state index >= 15 is 0 Å². The van der Waals surface area contributed by atoms with Gasteiger partial charge >= 0.3 is 0 Å². The van der Waals surface area contributed by atoms with E-state index in [0.717, 1.165) is 16.1 Å². The summed E-state index contributed by atoms with van der Waals surface area (Å²) in [5, 5.41) is 12.3. The molecule has 0 atom stereocenters. The Morgan fingerprint density at radius 2 is 2.14 bits per heavy atom. The number of hydrogen-bond donors (Lipinski definition) is 1. The second-order valence-electron chi connectivity index (χ2n) is 3.29. The van der Waals surface area contributed by atoms with E-state index in [0.29, 0.717) is 6.04 Å². The smallest absolute Gasteiger partial charge is 0.102 e. The minimum absolute atomic E-state index is 0.346. The summed E-state index contributed by atoms with van der Waals surface area (Å²) < 4.78 is 0. The Morgan fingerprint density at radius 3 is 2.64 bits per heavy atom. The van der Waals surface area contributed by atoms with Crippen LogP contribution in [0.2, 0.25) is 0 Å². The van der Waals surface area contributed by atoms with Gasteiger partial charge < -0.3 is 5.32 Å². The summed E-state index contributed by atoms with van der Waals surface area (Å²) in [6.07, 6.45) is 1.98. The molecule has 0 aromatic heterocycles. The average molecular weight is 206 g/mol. The molecule has 3 heteroatoms. The normalized spacial score (nSPS) is 9.93. The summed E-state index contributed by atoms with van der Waals surface area (Å²) in [6, 6.07) is 8.46. The van der Waals surface area contributed by atoms with Crippen LogP contribution in [0.4, 0.5) is 5.69 Å². The fourth-order valence-electron chi connectivity index (χ4n) is 1.25. The van der Waals surface area contributed by atoms with Gasteiger partial charge in [0.25, 0.3) is 0 Å². The first-order valence-electron chi connectivity index (χ1n) is 4.52. The number of nitrogens with zero attached hydrogens (tertiary/aromatic N) is 1. The van der Waals surface area contributed by atoms with Crippen molar-refractivity contribution in [2.24, 2.45) is 0 Å². The molecular formula is C11H14N2S. The largest absolute Gasteiger partial charge is 0.382 e. The zero-order valence-corrected chi connectivity index (χ0v) is 9.48. The number of nitrogens with one attached hydrogen (secondary N) is 1. The minimum atomic E-state index is 0.346. The van der Waals surface area contributed by atoms with Crippen molar-refractivity contribution in [3.63, 3.8) is 0 Å². The Hall–Kier alpha value is -1.14. The number of rotatable bonds is 3. The van der Waals surface area contributed by atoms with Crippen LogP contribution in [0.5, 0.6) is 0 Å². The molecule has 1 aromatic rings. The predicted molar refractivity (Wildman–Crippen MR) is 61.7 cm³/mol. The predicted octanol–water partition coefficient (Wildman–Crippen LogP) is 3.10. The van der Waals surface area contributed by atoms with Crippen LogP contribution in [-0.2, 0) is 0 Å². The molecule has 1 aromatic carbocycles. The molecule has 74 valence electrons. The lowest BCUT2D eigenvalue weighted by atomic mass is 10.2. The first-order valence-corrected chi connectivity index (χ1v) is 5.75. The highest BCUT2D eigenvalue weighted by atomic mass is 32.2. The van der Waals surface area contributed by atoms with Gasteiger partial charge in [-0.15, -0.1) is 11.8 Å². The fraction of sp³-hybridized carbons (Fsp3) is 0.364. The van der Waals surface area contributed by atoms with Crippen LogP contribution >= 0.6 is 11.8 Å². The molecular weight excluding hydrogens is 192 g/mol. The van der Waals surface area contributed by atoms with Crippen LogP contribution in [0.3, 0.4) is 0 Å². The SMILES string of the molecule is CSc1cccc(NC(C)C)c1C#N. The molecule has 1 rings (SSSR count). The van der Waals surface area contributed by atoms with Gasteiger partial charge in [0.2, 0.25) is 0 Å². The molecule has 0 amide bonds. The Kier molecular flexibility index (Phi) is 3.84. The third kappa shape index (κ3) is 2.43. The van der Waals surface area contributed by atoms with E-state index < -0.39 is 0 Å². The van der Waals surface area contributed by atoms with Crippen molar-refractivity contribution in [2.75, 3.05) is 11.6 Å². The molecule has 0 saturated carbocycles. The number of nitriles is 1. The van der Waals surface area contributed by atoms with E-state index in [1.165, 1.54) is 0 Å². The lowest BCUT2D eigenvalue weighted by Gasteiger charge is -2.12. The van der Waals surface area contributed by atoms with Gasteiger partial charge in [-0.05, 0) is 32.2 Å². The van der Waals surface area contributed by atoms with Crippen molar-refractivity contribution >= 4 is 17.4 Å². The van der Waals surface area contributed by atoms with Crippen LogP contribution < -0.4 is 5.32 Å². The van der Waals surface area contributed by atoms with Crippen LogP contribution in [0.1, 0.15) is 19.4 Å². The first-order chi connectivity index (χ1) is 6.69. The molecule has 0 radical (unpaired) electrons. The molecule has 14 heavy (non-hydrogen) atoms. The Balaban J connectivity index is 3.10. The third-order valence-electron chi connectivity index (χ3n) is 1.80. The molecule has 2 nitrogen and oxygen atoms in total. The summed E-state index contributed by atoms with van der Waals surface area (Å²) in [4.78, 5) is 1.03. The van der Waals surface area contributed by atoms with E-state index in [9.17, 15) is 0 Å². The summed E-state index contributed by atoms with van der Waals surface area (Å²) >= 11 is 1.60. The maximum Gasteiger partial charge on any atom is 0.102 e. The second kappa shape index (κ2) is 4.92. The lowest BCUT2D eigenvalue weighted by Crippen LogP contribution is -2.11. The minimum Gasteiger partial charge on any atom is -0.382 e. The van der Waals surface area contributed by atoms with Gasteiger partial charge in [0.1, 0.15) is 6.07 Å². The molecule has 0 aliphatic carbocycles. The quantitative estimate of drug-likeness (QED) is 0.772. The van der Waals surface area contributed by atoms with Crippen LogP contribution in [-0.4, -0.2) is 12.3 Å². The Morgan fingerprint density at radius 1 is 1.43 bits per heavy atom. The molecule has 1 N–H and O–H groups in total. The van der Waals surface area contributed by atoms with Crippen molar-refractivity contribution in [3.05, 3.63) is 23.8 Å². The van der Waals surface area contributed by atoms with Gasteiger partial charge in [-0.2, -0.15) is 5.26 Å². The average Bonchev–Trinajstić information content (AvgIpc) is 2.16. The van der Waals surface area contributed by atoms with Gasteiger partial charge in [0.15, 0.2) is 0 Å². The zero-order valence-electron chi connectivity index (χ0n) is 8.66.